The molecule has 0 aliphatic heterocycles. The first-order valence-corrected chi connectivity index (χ1v) is 7.06. The van der Waals surface area contributed by atoms with Crippen molar-refractivity contribution in [3.8, 4) is 11.5 Å². The number of ether oxygens (including phenoxy) is 1. The number of non-ortho nitro benzene ring substituents is 1. The number of nitrogens with zero attached hydrogens (tertiary/aromatic N) is 5. The average molecular weight is 341 g/mol. The lowest BCUT2D eigenvalue weighted by atomic mass is 10.2. The van der Waals surface area contributed by atoms with Crippen LogP contribution >= 0.6 is 0 Å². The highest BCUT2D eigenvalue weighted by Crippen LogP contribution is 2.21. The van der Waals surface area contributed by atoms with Gasteiger partial charge in [-0.25, -0.2) is 9.78 Å². The summed E-state index contributed by atoms with van der Waals surface area (Å²) in [6, 6.07) is 5.64. The van der Waals surface area contributed by atoms with E-state index in [4.69, 9.17) is 9.15 Å². The first-order valence-electron chi connectivity index (χ1n) is 7.06. The second-order valence-corrected chi connectivity index (χ2v) is 4.92. The summed E-state index contributed by atoms with van der Waals surface area (Å²) >= 11 is 0. The maximum absolute atomic E-state index is 11.8. The molecule has 0 fully saturated rings. The molecule has 3 rings (SSSR count). The molecule has 10 nitrogen and oxygen atoms in total. The Morgan fingerprint density at radius 2 is 1.96 bits per heavy atom. The van der Waals surface area contributed by atoms with Crippen molar-refractivity contribution in [2.75, 3.05) is 0 Å². The number of hydrogen-bond donors (Lipinski definition) is 0. The molecule has 0 aliphatic carbocycles. The highest BCUT2D eigenvalue weighted by molar-refractivity contribution is 5.86. The minimum Gasteiger partial charge on any atom is -0.451 e. The standard InChI is InChI=1S/C15H11N5O5/c1-9-6-17-12(7-16-9)15(21)24-8-13-18-19-14(25-13)10-2-4-11(5-3-10)20(22)23/h2-7H,8H2,1H3. The van der Waals surface area contributed by atoms with Gasteiger partial charge in [-0.2, -0.15) is 0 Å². The van der Waals surface area contributed by atoms with Crippen molar-refractivity contribution < 1.29 is 18.9 Å². The van der Waals surface area contributed by atoms with Crippen LogP contribution in [-0.2, 0) is 11.3 Å². The summed E-state index contributed by atoms with van der Waals surface area (Å²) in [7, 11) is 0. The zero-order chi connectivity index (χ0) is 17.8. The molecule has 0 amide bonds. The van der Waals surface area contributed by atoms with Gasteiger partial charge in [0.1, 0.15) is 0 Å². The number of nitro groups is 1. The van der Waals surface area contributed by atoms with Crippen LogP contribution in [-0.4, -0.2) is 31.1 Å². The molecule has 1 aromatic carbocycles. The van der Waals surface area contributed by atoms with E-state index >= 15 is 0 Å². The van der Waals surface area contributed by atoms with E-state index in [1.165, 1.54) is 36.7 Å². The van der Waals surface area contributed by atoms with E-state index in [0.717, 1.165) is 0 Å². The summed E-state index contributed by atoms with van der Waals surface area (Å²) < 4.78 is 10.4. The van der Waals surface area contributed by atoms with E-state index in [1.54, 1.807) is 6.92 Å². The normalized spacial score (nSPS) is 10.4. The molecular formula is C15H11N5O5. The number of carbonyl (C=O) groups is 1. The molecule has 0 aliphatic rings. The molecule has 25 heavy (non-hydrogen) atoms. The van der Waals surface area contributed by atoms with Crippen LogP contribution in [0.5, 0.6) is 0 Å². The van der Waals surface area contributed by atoms with Gasteiger partial charge in [-0.15, -0.1) is 10.2 Å². The monoisotopic (exact) mass is 341 g/mol. The first-order chi connectivity index (χ1) is 12.0. The van der Waals surface area contributed by atoms with Gasteiger partial charge in [0, 0.05) is 23.9 Å². The van der Waals surface area contributed by atoms with Gasteiger partial charge in [0.2, 0.25) is 5.89 Å². The smallest absolute Gasteiger partial charge is 0.359 e. The third-order valence-electron chi connectivity index (χ3n) is 3.11. The Hall–Kier alpha value is -3.69. The molecule has 0 spiro atoms. The van der Waals surface area contributed by atoms with Gasteiger partial charge in [-0.3, -0.25) is 15.1 Å². The number of benzene rings is 1. The molecule has 3 aromatic rings. The predicted molar refractivity (Wildman–Crippen MR) is 82.3 cm³/mol. The Balaban J connectivity index is 1.64. The van der Waals surface area contributed by atoms with Crippen LogP contribution in [0.2, 0.25) is 0 Å². The number of aromatic nitrogens is 4. The molecule has 0 bridgehead atoms. The van der Waals surface area contributed by atoms with Gasteiger partial charge < -0.3 is 9.15 Å². The zero-order valence-electron chi connectivity index (χ0n) is 12.9. The SMILES string of the molecule is Cc1cnc(C(=O)OCc2nnc(-c3ccc([N+](=O)[O-])cc3)o2)cn1. The maximum atomic E-state index is 11.8. The average Bonchev–Trinajstić information content (AvgIpc) is 3.09. The van der Waals surface area contributed by atoms with Crippen LogP contribution < -0.4 is 0 Å². The molecule has 2 heterocycles. The molecule has 0 saturated carbocycles. The van der Waals surface area contributed by atoms with E-state index in [9.17, 15) is 14.9 Å². The number of aryl methyl sites for hydroxylation is 1. The van der Waals surface area contributed by atoms with Crippen molar-refractivity contribution >= 4 is 11.7 Å². The van der Waals surface area contributed by atoms with Crippen molar-refractivity contribution in [2.24, 2.45) is 0 Å². The molecule has 0 atom stereocenters. The van der Waals surface area contributed by atoms with Crippen LogP contribution in [0, 0.1) is 17.0 Å². The first kappa shape index (κ1) is 16.2. The fraction of sp³-hybridized carbons (Fsp3) is 0.133. The van der Waals surface area contributed by atoms with Gasteiger partial charge in [0.15, 0.2) is 12.3 Å². The number of hydrogen-bond acceptors (Lipinski definition) is 9. The third kappa shape index (κ3) is 3.80. The second-order valence-electron chi connectivity index (χ2n) is 4.92. The Kier molecular flexibility index (Phi) is 4.42. The lowest BCUT2D eigenvalue weighted by Gasteiger charge is -2.01. The molecule has 126 valence electrons. The number of esters is 1. The van der Waals surface area contributed by atoms with Crippen LogP contribution in [0.1, 0.15) is 22.1 Å². The van der Waals surface area contributed by atoms with Crippen LogP contribution in [0.3, 0.4) is 0 Å². The van der Waals surface area contributed by atoms with Gasteiger partial charge in [-0.05, 0) is 19.1 Å². The predicted octanol–water partition coefficient (Wildman–Crippen LogP) is 2.10. The van der Waals surface area contributed by atoms with Crippen molar-refractivity contribution in [1.29, 1.82) is 0 Å². The molecule has 0 saturated heterocycles. The van der Waals surface area contributed by atoms with E-state index in [-0.39, 0.29) is 29.8 Å². The van der Waals surface area contributed by atoms with Crippen molar-refractivity contribution in [3.63, 3.8) is 0 Å². The van der Waals surface area contributed by atoms with Crippen LogP contribution in [0.15, 0.2) is 41.1 Å². The fourth-order valence-electron chi connectivity index (χ4n) is 1.85. The van der Waals surface area contributed by atoms with Gasteiger partial charge >= 0.3 is 5.97 Å². The van der Waals surface area contributed by atoms with E-state index in [2.05, 4.69) is 20.2 Å². The molecule has 0 radical (unpaired) electrons. The third-order valence-corrected chi connectivity index (χ3v) is 3.11. The lowest BCUT2D eigenvalue weighted by molar-refractivity contribution is -0.384. The summed E-state index contributed by atoms with van der Waals surface area (Å²) in [5, 5.41) is 18.2. The summed E-state index contributed by atoms with van der Waals surface area (Å²) in [5.74, 6) is -0.416. The minimum atomic E-state index is -0.664. The summed E-state index contributed by atoms with van der Waals surface area (Å²) in [5.41, 5.74) is 1.22. The molecule has 10 heteroatoms. The molecular weight excluding hydrogens is 330 g/mol. The van der Waals surface area contributed by atoms with Crippen molar-refractivity contribution in [2.45, 2.75) is 13.5 Å². The molecule has 2 aromatic heterocycles. The van der Waals surface area contributed by atoms with E-state index in [0.29, 0.717) is 11.3 Å². The summed E-state index contributed by atoms with van der Waals surface area (Å²) in [4.78, 5) is 29.8. The maximum Gasteiger partial charge on any atom is 0.359 e. The number of nitro benzene ring substituents is 1. The van der Waals surface area contributed by atoms with Crippen LogP contribution in [0.25, 0.3) is 11.5 Å². The van der Waals surface area contributed by atoms with Gasteiger partial charge in [0.25, 0.3) is 11.6 Å². The van der Waals surface area contributed by atoms with Crippen LogP contribution in [0.4, 0.5) is 5.69 Å². The Bertz CT molecular complexity index is 905. The number of rotatable bonds is 5. The lowest BCUT2D eigenvalue weighted by Crippen LogP contribution is -2.08. The minimum absolute atomic E-state index is 0.0448. The fourth-order valence-corrected chi connectivity index (χ4v) is 1.85. The Morgan fingerprint density at radius 1 is 1.20 bits per heavy atom. The summed E-state index contributed by atoms with van der Waals surface area (Å²) in [6.45, 7) is 1.52. The van der Waals surface area contributed by atoms with Gasteiger partial charge in [-0.1, -0.05) is 0 Å². The van der Waals surface area contributed by atoms with Crippen molar-refractivity contribution in [3.05, 3.63) is 64.1 Å². The topological polar surface area (TPSA) is 134 Å². The Morgan fingerprint density at radius 3 is 2.60 bits per heavy atom. The molecule has 0 N–H and O–H groups in total. The van der Waals surface area contributed by atoms with Crippen molar-refractivity contribution in [1.82, 2.24) is 20.2 Å². The quantitative estimate of drug-likeness (QED) is 0.388. The highest BCUT2D eigenvalue weighted by Gasteiger charge is 2.14. The summed E-state index contributed by atoms with van der Waals surface area (Å²) in [6.07, 6.45) is 2.77. The highest BCUT2D eigenvalue weighted by atomic mass is 16.6. The van der Waals surface area contributed by atoms with E-state index < -0.39 is 10.9 Å². The molecule has 0 unspecified atom stereocenters. The second kappa shape index (κ2) is 6.83. The largest absolute Gasteiger partial charge is 0.451 e. The van der Waals surface area contributed by atoms with Gasteiger partial charge in [0.05, 0.1) is 16.8 Å². The number of carbonyl (C=O) groups excluding carboxylic acids is 1. The van der Waals surface area contributed by atoms with E-state index in [1.807, 2.05) is 0 Å². The Labute approximate surface area is 140 Å². The zero-order valence-corrected chi connectivity index (χ0v) is 12.9.